The van der Waals surface area contributed by atoms with Gasteiger partial charge >= 0.3 is 0 Å². The average molecular weight is 242 g/mol. The van der Waals surface area contributed by atoms with Gasteiger partial charge in [0.25, 0.3) is 0 Å². The summed E-state index contributed by atoms with van der Waals surface area (Å²) in [6.07, 6.45) is 4.02. The lowest BCUT2D eigenvalue weighted by Gasteiger charge is -2.50. The van der Waals surface area contributed by atoms with Crippen LogP contribution in [0.1, 0.15) is 40.0 Å². The molecular weight excluding hydrogens is 216 g/mol. The Labute approximate surface area is 104 Å². The molecule has 0 saturated carbocycles. The van der Waals surface area contributed by atoms with E-state index >= 15 is 0 Å². The molecule has 0 aromatic rings. The Balaban J connectivity index is 2.19. The number of likely N-dealkylation sites (tertiary alicyclic amines) is 1. The largest absolute Gasteiger partial charge is 0.329 e. The van der Waals surface area contributed by atoms with Crippen LogP contribution in [-0.2, 0) is 0 Å². The Morgan fingerprint density at radius 3 is 2.62 bits per heavy atom. The van der Waals surface area contributed by atoms with Crippen LogP contribution in [0.25, 0.3) is 0 Å². The molecule has 2 nitrogen and oxygen atoms in total. The van der Waals surface area contributed by atoms with Gasteiger partial charge in [-0.3, -0.25) is 4.90 Å². The highest BCUT2D eigenvalue weighted by molar-refractivity contribution is 8.00. The van der Waals surface area contributed by atoms with E-state index in [1.807, 2.05) is 0 Å². The summed E-state index contributed by atoms with van der Waals surface area (Å²) >= 11 is 2.10. The van der Waals surface area contributed by atoms with Gasteiger partial charge in [-0.15, -0.1) is 0 Å². The first-order chi connectivity index (χ1) is 7.60. The van der Waals surface area contributed by atoms with Crippen molar-refractivity contribution in [1.29, 1.82) is 0 Å². The molecule has 2 heterocycles. The highest BCUT2D eigenvalue weighted by atomic mass is 32.2. The molecule has 0 aromatic carbocycles. The predicted octanol–water partition coefficient (Wildman–Crippen LogP) is 2.33. The first-order valence-electron chi connectivity index (χ1n) is 6.68. The molecule has 0 radical (unpaired) electrons. The minimum Gasteiger partial charge on any atom is -0.329 e. The maximum absolute atomic E-state index is 6.14. The highest BCUT2D eigenvalue weighted by Crippen LogP contribution is 2.42. The fourth-order valence-electron chi connectivity index (χ4n) is 3.44. The zero-order chi connectivity index (χ0) is 11.8. The predicted molar refractivity (Wildman–Crippen MR) is 72.9 cm³/mol. The normalized spacial score (nSPS) is 46.1. The van der Waals surface area contributed by atoms with E-state index < -0.39 is 0 Å². The van der Waals surface area contributed by atoms with E-state index in [9.17, 15) is 0 Å². The fourth-order valence-corrected chi connectivity index (χ4v) is 4.93. The topological polar surface area (TPSA) is 29.3 Å². The molecule has 4 unspecified atom stereocenters. The van der Waals surface area contributed by atoms with Crippen LogP contribution in [0.3, 0.4) is 0 Å². The van der Waals surface area contributed by atoms with Gasteiger partial charge in [0.05, 0.1) is 0 Å². The van der Waals surface area contributed by atoms with Gasteiger partial charge in [-0.1, -0.05) is 13.8 Å². The number of piperidine rings is 1. The van der Waals surface area contributed by atoms with E-state index in [2.05, 4.69) is 37.4 Å². The first-order valence-corrected chi connectivity index (χ1v) is 7.73. The molecule has 0 aliphatic carbocycles. The Morgan fingerprint density at radius 2 is 2.06 bits per heavy atom. The lowest BCUT2D eigenvalue weighted by atomic mass is 9.84. The number of thioether (sulfide) groups is 1. The van der Waals surface area contributed by atoms with Crippen molar-refractivity contribution in [3.63, 3.8) is 0 Å². The third-order valence-corrected chi connectivity index (χ3v) is 6.08. The lowest BCUT2D eigenvalue weighted by molar-refractivity contribution is 0.0130. The summed E-state index contributed by atoms with van der Waals surface area (Å²) in [7, 11) is 0. The SMILES string of the molecule is CC1CCC(C)N(C2(CN)CCSC2C)C1. The minimum absolute atomic E-state index is 0.290. The molecule has 3 heteroatoms. The number of rotatable bonds is 2. The van der Waals surface area contributed by atoms with Gasteiger partial charge in [-0.2, -0.15) is 11.8 Å². The van der Waals surface area contributed by atoms with Crippen LogP contribution in [-0.4, -0.2) is 40.6 Å². The van der Waals surface area contributed by atoms with E-state index in [0.29, 0.717) is 10.8 Å². The number of nitrogens with two attached hydrogens (primary N) is 1. The van der Waals surface area contributed by atoms with Crippen LogP contribution in [0.2, 0.25) is 0 Å². The molecular formula is C13H26N2S. The first kappa shape index (κ1) is 12.7. The van der Waals surface area contributed by atoms with Crippen LogP contribution in [0.15, 0.2) is 0 Å². The Bertz CT molecular complexity index is 246. The van der Waals surface area contributed by atoms with Gasteiger partial charge in [-0.25, -0.2) is 0 Å². The van der Waals surface area contributed by atoms with Crippen molar-refractivity contribution in [2.45, 2.75) is 56.9 Å². The number of hydrogen-bond acceptors (Lipinski definition) is 3. The van der Waals surface area contributed by atoms with Crippen molar-refractivity contribution in [1.82, 2.24) is 4.90 Å². The number of hydrogen-bond donors (Lipinski definition) is 1. The van der Waals surface area contributed by atoms with E-state index in [1.54, 1.807) is 0 Å². The van der Waals surface area contributed by atoms with Crippen molar-refractivity contribution in [2.75, 3.05) is 18.8 Å². The average Bonchev–Trinajstić information content (AvgIpc) is 2.64. The summed E-state index contributed by atoms with van der Waals surface area (Å²) in [6.45, 7) is 9.23. The molecule has 16 heavy (non-hydrogen) atoms. The quantitative estimate of drug-likeness (QED) is 0.806. The van der Waals surface area contributed by atoms with E-state index in [0.717, 1.165) is 18.5 Å². The van der Waals surface area contributed by atoms with Crippen LogP contribution in [0, 0.1) is 5.92 Å². The lowest BCUT2D eigenvalue weighted by Crippen LogP contribution is -2.62. The van der Waals surface area contributed by atoms with E-state index in [4.69, 9.17) is 5.73 Å². The Kier molecular flexibility index (Phi) is 3.87. The van der Waals surface area contributed by atoms with Crippen molar-refractivity contribution in [3.8, 4) is 0 Å². The summed E-state index contributed by atoms with van der Waals surface area (Å²) < 4.78 is 0. The summed E-state index contributed by atoms with van der Waals surface area (Å²) in [4.78, 5) is 2.74. The molecule has 2 fully saturated rings. The fraction of sp³-hybridized carbons (Fsp3) is 1.00. The monoisotopic (exact) mass is 242 g/mol. The van der Waals surface area contributed by atoms with Crippen LogP contribution in [0.4, 0.5) is 0 Å². The molecule has 0 aromatic heterocycles. The molecule has 2 saturated heterocycles. The second-order valence-electron chi connectivity index (χ2n) is 5.75. The molecule has 2 aliphatic rings. The van der Waals surface area contributed by atoms with Gasteiger partial charge < -0.3 is 5.73 Å². The molecule has 0 amide bonds. The zero-order valence-corrected chi connectivity index (χ0v) is 11.7. The van der Waals surface area contributed by atoms with Crippen LogP contribution >= 0.6 is 11.8 Å². The van der Waals surface area contributed by atoms with E-state index in [-0.39, 0.29) is 0 Å². The van der Waals surface area contributed by atoms with Crippen molar-refractivity contribution in [3.05, 3.63) is 0 Å². The van der Waals surface area contributed by atoms with Crippen molar-refractivity contribution < 1.29 is 0 Å². The Hall–Kier alpha value is 0.270. The maximum Gasteiger partial charge on any atom is 0.0458 e. The molecule has 2 aliphatic heterocycles. The molecule has 0 spiro atoms. The molecule has 4 atom stereocenters. The van der Waals surface area contributed by atoms with Gasteiger partial charge in [0.15, 0.2) is 0 Å². The molecule has 0 bridgehead atoms. The third-order valence-electron chi connectivity index (χ3n) is 4.70. The van der Waals surface area contributed by atoms with Crippen molar-refractivity contribution in [2.24, 2.45) is 11.7 Å². The number of nitrogens with zero attached hydrogens (tertiary/aromatic N) is 1. The zero-order valence-electron chi connectivity index (χ0n) is 10.9. The maximum atomic E-state index is 6.14. The van der Waals surface area contributed by atoms with Crippen molar-refractivity contribution >= 4 is 11.8 Å². The molecule has 2 N–H and O–H groups in total. The second-order valence-corrected chi connectivity index (χ2v) is 7.20. The Morgan fingerprint density at radius 1 is 1.31 bits per heavy atom. The highest BCUT2D eigenvalue weighted by Gasteiger charge is 2.47. The summed E-state index contributed by atoms with van der Waals surface area (Å²) in [5.74, 6) is 2.13. The summed E-state index contributed by atoms with van der Waals surface area (Å²) in [5.41, 5.74) is 6.43. The van der Waals surface area contributed by atoms with Gasteiger partial charge in [0.2, 0.25) is 0 Å². The smallest absolute Gasteiger partial charge is 0.0458 e. The molecule has 2 rings (SSSR count). The standard InChI is InChI=1S/C13H26N2S/c1-10-4-5-11(2)15(8-10)13(9-14)6-7-16-12(13)3/h10-12H,4-9,14H2,1-3H3. The van der Waals surface area contributed by atoms with Crippen LogP contribution in [0.5, 0.6) is 0 Å². The van der Waals surface area contributed by atoms with Crippen LogP contribution < -0.4 is 5.73 Å². The minimum atomic E-state index is 0.290. The van der Waals surface area contributed by atoms with Gasteiger partial charge in [-0.05, 0) is 37.9 Å². The third kappa shape index (κ3) is 2.02. The molecule has 94 valence electrons. The summed E-state index contributed by atoms with van der Waals surface area (Å²) in [6, 6.07) is 0.723. The van der Waals surface area contributed by atoms with Gasteiger partial charge in [0, 0.05) is 29.9 Å². The second kappa shape index (κ2) is 4.87. The van der Waals surface area contributed by atoms with E-state index in [1.165, 1.54) is 31.6 Å². The van der Waals surface area contributed by atoms with Gasteiger partial charge in [0.1, 0.15) is 0 Å². The summed E-state index contributed by atoms with van der Waals surface area (Å²) in [5, 5.41) is 0.699.